The van der Waals surface area contributed by atoms with Crippen LogP contribution in [0.5, 0.6) is 0 Å². The molecule has 0 aromatic carbocycles. The molecule has 2 aliphatic rings. The van der Waals surface area contributed by atoms with Crippen LogP contribution in [0.25, 0.3) is 0 Å². The van der Waals surface area contributed by atoms with Crippen molar-refractivity contribution in [3.05, 3.63) is 0 Å². The van der Waals surface area contributed by atoms with Crippen molar-refractivity contribution in [3.63, 3.8) is 0 Å². The molecular formula is C10H18OS2. The summed E-state index contributed by atoms with van der Waals surface area (Å²) in [5, 5.41) is 9.78. The summed E-state index contributed by atoms with van der Waals surface area (Å²) < 4.78 is 0.397. The molecule has 0 aromatic heterocycles. The standard InChI is InChI=1S/C10H18OS2/c11-9-4-1-2-5-10(8-9)12-6-3-7-13-10/h9,11H,1-8H2. The van der Waals surface area contributed by atoms with E-state index >= 15 is 0 Å². The zero-order valence-electron chi connectivity index (χ0n) is 8.00. The van der Waals surface area contributed by atoms with Crippen LogP contribution in [0.1, 0.15) is 38.5 Å². The van der Waals surface area contributed by atoms with Gasteiger partial charge in [0.25, 0.3) is 0 Å². The summed E-state index contributed by atoms with van der Waals surface area (Å²) in [5.74, 6) is 2.61. The molecule has 1 nitrogen and oxygen atoms in total. The van der Waals surface area contributed by atoms with Crippen LogP contribution in [0.4, 0.5) is 0 Å². The molecule has 2 rings (SSSR count). The van der Waals surface area contributed by atoms with Crippen molar-refractivity contribution in [2.24, 2.45) is 0 Å². The van der Waals surface area contributed by atoms with Gasteiger partial charge in [-0.1, -0.05) is 12.8 Å². The maximum absolute atomic E-state index is 9.78. The van der Waals surface area contributed by atoms with E-state index in [2.05, 4.69) is 23.5 Å². The van der Waals surface area contributed by atoms with Gasteiger partial charge in [0.1, 0.15) is 0 Å². The summed E-state index contributed by atoms with van der Waals surface area (Å²) in [6, 6.07) is 0. The van der Waals surface area contributed by atoms with Gasteiger partial charge in [-0.3, -0.25) is 0 Å². The minimum Gasteiger partial charge on any atom is -0.393 e. The van der Waals surface area contributed by atoms with E-state index in [4.69, 9.17) is 0 Å². The van der Waals surface area contributed by atoms with Crippen LogP contribution in [0.2, 0.25) is 0 Å². The number of aliphatic hydroxyl groups excluding tert-OH is 1. The monoisotopic (exact) mass is 218 g/mol. The highest BCUT2D eigenvalue weighted by atomic mass is 32.2. The zero-order valence-corrected chi connectivity index (χ0v) is 9.63. The first-order valence-electron chi connectivity index (χ1n) is 5.27. The summed E-state index contributed by atoms with van der Waals surface area (Å²) in [4.78, 5) is 0. The molecular weight excluding hydrogens is 200 g/mol. The molecule has 0 aromatic rings. The first kappa shape index (κ1) is 10.2. The number of aliphatic hydroxyl groups is 1. The van der Waals surface area contributed by atoms with E-state index in [0.717, 1.165) is 12.8 Å². The Kier molecular flexibility index (Phi) is 3.49. The minimum atomic E-state index is -0.0272. The molecule has 1 aliphatic heterocycles. The fourth-order valence-electron chi connectivity index (χ4n) is 2.22. The molecule has 1 saturated heterocycles. The van der Waals surface area contributed by atoms with Crippen LogP contribution in [-0.2, 0) is 0 Å². The molecule has 1 spiro atoms. The number of thioether (sulfide) groups is 2. The molecule has 1 aliphatic carbocycles. The fourth-order valence-corrected chi connectivity index (χ4v) is 5.75. The van der Waals surface area contributed by atoms with Crippen LogP contribution in [-0.4, -0.2) is 26.8 Å². The summed E-state index contributed by atoms with van der Waals surface area (Å²) in [6.07, 6.45) is 7.25. The van der Waals surface area contributed by atoms with Crippen molar-refractivity contribution in [2.75, 3.05) is 11.5 Å². The highest BCUT2D eigenvalue weighted by molar-refractivity contribution is 8.18. The lowest BCUT2D eigenvalue weighted by atomic mass is 10.1. The van der Waals surface area contributed by atoms with E-state index in [1.165, 1.54) is 37.2 Å². The molecule has 1 N–H and O–H groups in total. The van der Waals surface area contributed by atoms with Gasteiger partial charge in [-0.15, -0.1) is 23.5 Å². The van der Waals surface area contributed by atoms with Gasteiger partial charge in [0.15, 0.2) is 0 Å². The largest absolute Gasteiger partial charge is 0.393 e. The summed E-state index contributed by atoms with van der Waals surface area (Å²) in [7, 11) is 0. The predicted octanol–water partition coefficient (Wildman–Crippen LogP) is 2.88. The number of hydrogen-bond acceptors (Lipinski definition) is 3. The van der Waals surface area contributed by atoms with Gasteiger partial charge in [0.2, 0.25) is 0 Å². The average molecular weight is 218 g/mol. The Labute approximate surface area is 89.1 Å². The molecule has 0 bridgehead atoms. The van der Waals surface area contributed by atoms with E-state index in [1.54, 1.807) is 0 Å². The predicted molar refractivity (Wildman–Crippen MR) is 61.4 cm³/mol. The van der Waals surface area contributed by atoms with Gasteiger partial charge in [-0.25, -0.2) is 0 Å². The smallest absolute Gasteiger partial charge is 0.0635 e. The minimum absolute atomic E-state index is 0.0272. The molecule has 13 heavy (non-hydrogen) atoms. The molecule has 1 unspecified atom stereocenters. The molecule has 76 valence electrons. The van der Waals surface area contributed by atoms with Gasteiger partial charge < -0.3 is 5.11 Å². The highest BCUT2D eigenvalue weighted by Gasteiger charge is 2.36. The van der Waals surface area contributed by atoms with Crippen LogP contribution < -0.4 is 0 Å². The van der Waals surface area contributed by atoms with Crippen molar-refractivity contribution in [1.29, 1.82) is 0 Å². The second kappa shape index (κ2) is 4.45. The zero-order chi connectivity index (χ0) is 9.15. The van der Waals surface area contributed by atoms with Crippen LogP contribution in [0.15, 0.2) is 0 Å². The maximum atomic E-state index is 9.78. The lowest BCUT2D eigenvalue weighted by molar-refractivity contribution is 0.156. The number of rotatable bonds is 0. The van der Waals surface area contributed by atoms with E-state index < -0.39 is 0 Å². The van der Waals surface area contributed by atoms with Gasteiger partial charge in [0.05, 0.1) is 10.2 Å². The molecule has 3 heteroatoms. The maximum Gasteiger partial charge on any atom is 0.0635 e. The number of hydrogen-bond donors (Lipinski definition) is 1. The molecule has 0 amide bonds. The molecule has 0 radical (unpaired) electrons. The Bertz CT molecular complexity index is 166. The summed E-state index contributed by atoms with van der Waals surface area (Å²) >= 11 is 4.21. The summed E-state index contributed by atoms with van der Waals surface area (Å²) in [6.45, 7) is 0. The third kappa shape index (κ3) is 2.57. The van der Waals surface area contributed by atoms with Crippen LogP contribution in [0, 0.1) is 0 Å². The SMILES string of the molecule is OC1CCCCC2(C1)SCCCS2. The first-order valence-corrected chi connectivity index (χ1v) is 7.24. The normalized spacial score (nSPS) is 34.4. The van der Waals surface area contributed by atoms with Gasteiger partial charge in [-0.2, -0.15) is 0 Å². The highest BCUT2D eigenvalue weighted by Crippen LogP contribution is 2.50. The van der Waals surface area contributed by atoms with E-state index in [0.29, 0.717) is 4.08 Å². The fraction of sp³-hybridized carbons (Fsp3) is 1.00. The Hall–Kier alpha value is 0.660. The van der Waals surface area contributed by atoms with Crippen molar-refractivity contribution in [1.82, 2.24) is 0 Å². The molecule has 1 saturated carbocycles. The lowest BCUT2D eigenvalue weighted by Gasteiger charge is -2.36. The Morgan fingerprint density at radius 1 is 1.08 bits per heavy atom. The van der Waals surface area contributed by atoms with Crippen molar-refractivity contribution >= 4 is 23.5 Å². The second-order valence-corrected chi connectivity index (χ2v) is 7.28. The second-order valence-electron chi connectivity index (χ2n) is 4.06. The van der Waals surface area contributed by atoms with Gasteiger partial charge in [0, 0.05) is 0 Å². The first-order chi connectivity index (χ1) is 6.31. The molecule has 1 atom stereocenters. The van der Waals surface area contributed by atoms with Gasteiger partial charge in [-0.05, 0) is 37.2 Å². The van der Waals surface area contributed by atoms with E-state index in [1.807, 2.05) is 0 Å². The third-order valence-electron chi connectivity index (χ3n) is 2.91. The van der Waals surface area contributed by atoms with E-state index in [-0.39, 0.29) is 6.10 Å². The topological polar surface area (TPSA) is 20.2 Å². The van der Waals surface area contributed by atoms with Crippen molar-refractivity contribution < 1.29 is 5.11 Å². The van der Waals surface area contributed by atoms with Crippen LogP contribution >= 0.6 is 23.5 Å². The molecule has 1 heterocycles. The Morgan fingerprint density at radius 2 is 1.85 bits per heavy atom. The Morgan fingerprint density at radius 3 is 2.62 bits per heavy atom. The average Bonchev–Trinajstić information content (AvgIpc) is 2.29. The van der Waals surface area contributed by atoms with Crippen LogP contribution in [0.3, 0.4) is 0 Å². The van der Waals surface area contributed by atoms with E-state index in [9.17, 15) is 5.11 Å². The van der Waals surface area contributed by atoms with Crippen molar-refractivity contribution in [2.45, 2.75) is 48.7 Å². The Balaban J connectivity index is 2.00. The van der Waals surface area contributed by atoms with Crippen molar-refractivity contribution in [3.8, 4) is 0 Å². The molecule has 2 fully saturated rings. The summed E-state index contributed by atoms with van der Waals surface area (Å²) in [5.41, 5.74) is 0. The lowest BCUT2D eigenvalue weighted by Crippen LogP contribution is -2.28. The third-order valence-corrected chi connectivity index (χ3v) is 6.40. The quantitative estimate of drug-likeness (QED) is 0.675. The van der Waals surface area contributed by atoms with Gasteiger partial charge >= 0.3 is 0 Å².